The van der Waals surface area contributed by atoms with E-state index in [1.807, 2.05) is 11.8 Å². The number of carboxylic acids is 1. The topological polar surface area (TPSA) is 74.7 Å². The van der Waals surface area contributed by atoms with Gasteiger partial charge in [-0.05, 0) is 44.7 Å². The molecule has 118 valence electrons. The van der Waals surface area contributed by atoms with Crippen LogP contribution in [0.4, 0.5) is 0 Å². The summed E-state index contributed by atoms with van der Waals surface area (Å²) in [6.45, 7) is 3.85. The van der Waals surface area contributed by atoms with E-state index in [-0.39, 0.29) is 11.6 Å². The van der Waals surface area contributed by atoms with Crippen LogP contribution in [0.3, 0.4) is 0 Å². The van der Waals surface area contributed by atoms with Crippen molar-refractivity contribution in [3.05, 3.63) is 34.3 Å². The second-order valence-corrected chi connectivity index (χ2v) is 8.11. The molecule has 0 aromatic heterocycles. The maximum Gasteiger partial charge on any atom is 0.335 e. The summed E-state index contributed by atoms with van der Waals surface area (Å²) in [4.78, 5) is 12.8. The van der Waals surface area contributed by atoms with Crippen LogP contribution in [0.5, 0.6) is 0 Å². The van der Waals surface area contributed by atoms with Crippen LogP contribution < -0.4 is 0 Å². The molecule has 0 aliphatic carbocycles. The van der Waals surface area contributed by atoms with Gasteiger partial charge in [-0.25, -0.2) is 13.2 Å². The highest BCUT2D eigenvalue weighted by Gasteiger charge is 2.25. The van der Waals surface area contributed by atoms with Gasteiger partial charge in [0.2, 0.25) is 0 Å². The third-order valence-corrected chi connectivity index (χ3v) is 5.88. The molecule has 0 saturated heterocycles. The van der Waals surface area contributed by atoms with Crippen LogP contribution in [0.15, 0.2) is 18.2 Å². The van der Waals surface area contributed by atoms with Crippen LogP contribution in [-0.4, -0.2) is 49.0 Å². The van der Waals surface area contributed by atoms with Crippen molar-refractivity contribution >= 4 is 27.4 Å². The minimum absolute atomic E-state index is 0.159. The highest BCUT2D eigenvalue weighted by atomic mass is 35.5. The molecule has 0 heterocycles. The standard InChI is InChI=1S/C14H20ClNO4S/c1-9(10(2)21(4,19)20)16(3)8-12-7-11(14(17)18)5-6-13(12)15/h5-7,9-10H,8H2,1-4H3,(H,17,18). The van der Waals surface area contributed by atoms with Gasteiger partial charge in [-0.15, -0.1) is 0 Å². The van der Waals surface area contributed by atoms with Crippen molar-refractivity contribution in [1.82, 2.24) is 4.90 Å². The SMILES string of the molecule is CC(C(C)S(C)(=O)=O)N(C)Cc1cc(C(=O)O)ccc1Cl. The van der Waals surface area contributed by atoms with Crippen molar-refractivity contribution in [1.29, 1.82) is 0 Å². The van der Waals surface area contributed by atoms with Gasteiger partial charge in [0.15, 0.2) is 9.84 Å². The first-order valence-electron chi connectivity index (χ1n) is 6.45. The van der Waals surface area contributed by atoms with Crippen molar-refractivity contribution < 1.29 is 18.3 Å². The van der Waals surface area contributed by atoms with E-state index < -0.39 is 21.1 Å². The first kappa shape index (κ1) is 17.9. The largest absolute Gasteiger partial charge is 0.478 e. The number of hydrogen-bond donors (Lipinski definition) is 1. The fourth-order valence-corrected chi connectivity index (χ4v) is 3.06. The van der Waals surface area contributed by atoms with Gasteiger partial charge in [0.25, 0.3) is 0 Å². The molecule has 5 nitrogen and oxygen atoms in total. The van der Waals surface area contributed by atoms with Gasteiger partial charge < -0.3 is 5.11 Å². The quantitative estimate of drug-likeness (QED) is 0.864. The number of nitrogens with zero attached hydrogens (tertiary/aromatic N) is 1. The van der Waals surface area contributed by atoms with Crippen LogP contribution in [0.1, 0.15) is 29.8 Å². The molecular weight excluding hydrogens is 314 g/mol. The fourth-order valence-electron chi connectivity index (χ4n) is 1.96. The lowest BCUT2D eigenvalue weighted by atomic mass is 10.1. The van der Waals surface area contributed by atoms with Crippen molar-refractivity contribution in [2.45, 2.75) is 31.7 Å². The molecular formula is C14H20ClNO4S. The maximum absolute atomic E-state index is 11.6. The van der Waals surface area contributed by atoms with Crippen LogP contribution in [0.2, 0.25) is 5.02 Å². The van der Waals surface area contributed by atoms with E-state index in [9.17, 15) is 13.2 Å². The lowest BCUT2D eigenvalue weighted by molar-refractivity contribution is 0.0696. The van der Waals surface area contributed by atoms with Gasteiger partial charge >= 0.3 is 5.97 Å². The van der Waals surface area contributed by atoms with E-state index in [2.05, 4.69) is 0 Å². The Morgan fingerprint density at radius 2 is 1.95 bits per heavy atom. The number of carboxylic acid groups (broad SMARTS) is 1. The third-order valence-electron chi connectivity index (χ3n) is 3.76. The summed E-state index contributed by atoms with van der Waals surface area (Å²) in [5, 5.41) is 8.94. The normalized spacial score (nSPS) is 15.0. The Balaban J connectivity index is 2.95. The molecule has 7 heteroatoms. The van der Waals surface area contributed by atoms with E-state index in [1.165, 1.54) is 18.4 Å². The fraction of sp³-hybridized carbons (Fsp3) is 0.500. The Morgan fingerprint density at radius 1 is 1.38 bits per heavy atom. The van der Waals surface area contributed by atoms with Crippen LogP contribution >= 0.6 is 11.6 Å². The number of sulfone groups is 1. The molecule has 0 spiro atoms. The van der Waals surface area contributed by atoms with Gasteiger partial charge in [-0.3, -0.25) is 4.90 Å². The summed E-state index contributed by atoms with van der Waals surface area (Å²) in [5.74, 6) is -1.02. The Labute approximate surface area is 130 Å². The number of halogens is 1. The smallest absolute Gasteiger partial charge is 0.335 e. The Kier molecular flexibility index (Phi) is 5.78. The van der Waals surface area contributed by atoms with E-state index in [0.717, 1.165) is 0 Å². The lowest BCUT2D eigenvalue weighted by Crippen LogP contribution is -2.40. The lowest BCUT2D eigenvalue weighted by Gasteiger charge is -2.29. The molecule has 1 N–H and O–H groups in total. The Morgan fingerprint density at radius 3 is 2.43 bits per heavy atom. The highest BCUT2D eigenvalue weighted by Crippen LogP contribution is 2.21. The van der Waals surface area contributed by atoms with Gasteiger partial charge in [-0.2, -0.15) is 0 Å². The zero-order chi connectivity index (χ0) is 16.4. The molecule has 2 unspecified atom stereocenters. The zero-order valence-electron chi connectivity index (χ0n) is 12.5. The summed E-state index contributed by atoms with van der Waals surface area (Å²) < 4.78 is 23.2. The number of benzene rings is 1. The second kappa shape index (κ2) is 6.77. The molecule has 0 amide bonds. The molecule has 0 bridgehead atoms. The van der Waals surface area contributed by atoms with Crippen LogP contribution in [-0.2, 0) is 16.4 Å². The number of aromatic carboxylic acids is 1. The highest BCUT2D eigenvalue weighted by molar-refractivity contribution is 7.91. The summed E-state index contributed by atoms with van der Waals surface area (Å²) in [6.07, 6.45) is 1.21. The molecule has 0 saturated carbocycles. The van der Waals surface area contributed by atoms with Crippen LogP contribution in [0, 0.1) is 0 Å². The molecule has 1 aromatic carbocycles. The van der Waals surface area contributed by atoms with Gasteiger partial charge in [0.1, 0.15) is 0 Å². The zero-order valence-corrected chi connectivity index (χ0v) is 14.1. The summed E-state index contributed by atoms with van der Waals surface area (Å²) in [5.41, 5.74) is 0.818. The Hall–Kier alpha value is -1.11. The average Bonchev–Trinajstić information content (AvgIpc) is 2.38. The van der Waals surface area contributed by atoms with Crippen molar-refractivity contribution in [2.24, 2.45) is 0 Å². The van der Waals surface area contributed by atoms with Gasteiger partial charge in [0, 0.05) is 23.9 Å². The second-order valence-electron chi connectivity index (χ2n) is 5.30. The molecule has 0 aliphatic rings. The van der Waals surface area contributed by atoms with Crippen molar-refractivity contribution in [3.63, 3.8) is 0 Å². The predicted molar refractivity (Wildman–Crippen MR) is 83.6 cm³/mol. The number of carbonyl (C=O) groups is 1. The minimum atomic E-state index is -3.14. The van der Waals surface area contributed by atoms with E-state index in [0.29, 0.717) is 17.1 Å². The Bertz CT molecular complexity index is 630. The number of rotatable bonds is 6. The molecule has 0 aliphatic heterocycles. The van der Waals surface area contributed by atoms with Crippen LogP contribution in [0.25, 0.3) is 0 Å². The molecule has 1 rings (SSSR count). The van der Waals surface area contributed by atoms with Gasteiger partial charge in [-0.1, -0.05) is 11.6 Å². The van der Waals surface area contributed by atoms with E-state index >= 15 is 0 Å². The summed E-state index contributed by atoms with van der Waals surface area (Å²) >= 11 is 6.08. The van der Waals surface area contributed by atoms with Crippen molar-refractivity contribution in [3.8, 4) is 0 Å². The van der Waals surface area contributed by atoms with Gasteiger partial charge in [0.05, 0.1) is 10.8 Å². The number of hydrogen-bond acceptors (Lipinski definition) is 4. The predicted octanol–water partition coefficient (Wildman–Crippen LogP) is 2.29. The summed E-state index contributed by atoms with van der Waals surface area (Å²) in [6, 6.07) is 4.28. The first-order chi connectivity index (χ1) is 9.54. The summed E-state index contributed by atoms with van der Waals surface area (Å²) in [7, 11) is -1.35. The monoisotopic (exact) mass is 333 g/mol. The molecule has 0 fully saturated rings. The third kappa shape index (κ3) is 4.69. The molecule has 21 heavy (non-hydrogen) atoms. The minimum Gasteiger partial charge on any atom is -0.478 e. The maximum atomic E-state index is 11.6. The van der Waals surface area contributed by atoms with E-state index in [4.69, 9.17) is 16.7 Å². The van der Waals surface area contributed by atoms with E-state index in [1.54, 1.807) is 20.0 Å². The molecule has 2 atom stereocenters. The first-order valence-corrected chi connectivity index (χ1v) is 8.78. The molecule has 1 aromatic rings. The average molecular weight is 334 g/mol. The van der Waals surface area contributed by atoms with Crippen molar-refractivity contribution in [2.75, 3.05) is 13.3 Å². The molecule has 0 radical (unpaired) electrons.